The molecule has 0 aliphatic rings. The molecule has 0 fully saturated rings. The number of rotatable bonds is 3. The SMILES string of the molecule is Cc1ccc(S(=O)(=O)Nc2cc(C)ccc2C(F)(F)F)cc1. The van der Waals surface area contributed by atoms with Gasteiger partial charge in [0.05, 0.1) is 16.1 Å². The fraction of sp³-hybridized carbons (Fsp3) is 0.200. The number of hydrogen-bond donors (Lipinski definition) is 1. The summed E-state index contributed by atoms with van der Waals surface area (Å²) >= 11 is 0. The Balaban J connectivity index is 2.46. The first kappa shape index (κ1) is 16.4. The summed E-state index contributed by atoms with van der Waals surface area (Å²) < 4.78 is 65.4. The minimum absolute atomic E-state index is 0.0901. The number of anilines is 1. The van der Waals surface area contributed by atoms with Crippen molar-refractivity contribution in [2.24, 2.45) is 0 Å². The van der Waals surface area contributed by atoms with Gasteiger partial charge in [0.1, 0.15) is 0 Å². The van der Waals surface area contributed by atoms with Crippen molar-refractivity contribution in [1.29, 1.82) is 0 Å². The molecule has 0 aliphatic heterocycles. The van der Waals surface area contributed by atoms with E-state index in [-0.39, 0.29) is 4.90 Å². The molecule has 2 aromatic rings. The van der Waals surface area contributed by atoms with E-state index in [1.165, 1.54) is 18.2 Å². The Morgan fingerprint density at radius 1 is 0.909 bits per heavy atom. The maximum Gasteiger partial charge on any atom is 0.418 e. The molecule has 22 heavy (non-hydrogen) atoms. The van der Waals surface area contributed by atoms with Crippen LogP contribution in [0.25, 0.3) is 0 Å². The second kappa shape index (κ2) is 5.64. The molecule has 1 N–H and O–H groups in total. The van der Waals surface area contributed by atoms with E-state index in [1.54, 1.807) is 26.0 Å². The zero-order valence-corrected chi connectivity index (χ0v) is 12.7. The van der Waals surface area contributed by atoms with E-state index in [2.05, 4.69) is 0 Å². The van der Waals surface area contributed by atoms with Gasteiger partial charge in [0.15, 0.2) is 0 Å². The van der Waals surface area contributed by atoms with E-state index in [0.29, 0.717) is 5.56 Å². The molecule has 0 radical (unpaired) electrons. The average molecular weight is 329 g/mol. The van der Waals surface area contributed by atoms with Crippen molar-refractivity contribution in [2.75, 3.05) is 4.72 Å². The molecule has 2 rings (SSSR count). The molecule has 0 amide bonds. The van der Waals surface area contributed by atoms with Gasteiger partial charge < -0.3 is 0 Å². The lowest BCUT2D eigenvalue weighted by Crippen LogP contribution is -2.17. The summed E-state index contributed by atoms with van der Waals surface area (Å²) in [6, 6.07) is 9.16. The molecule has 0 spiro atoms. The van der Waals surface area contributed by atoms with Gasteiger partial charge in [-0.3, -0.25) is 4.72 Å². The van der Waals surface area contributed by atoms with Crippen LogP contribution in [0.1, 0.15) is 16.7 Å². The van der Waals surface area contributed by atoms with E-state index in [4.69, 9.17) is 0 Å². The highest BCUT2D eigenvalue weighted by Crippen LogP contribution is 2.36. The Kier molecular flexibility index (Phi) is 4.19. The van der Waals surface area contributed by atoms with Crippen molar-refractivity contribution < 1.29 is 21.6 Å². The first-order valence-corrected chi connectivity index (χ1v) is 7.85. The van der Waals surface area contributed by atoms with E-state index < -0.39 is 27.5 Å². The number of aryl methyl sites for hydroxylation is 2. The van der Waals surface area contributed by atoms with Crippen LogP contribution in [0, 0.1) is 13.8 Å². The fourth-order valence-corrected chi connectivity index (χ4v) is 2.98. The smallest absolute Gasteiger partial charge is 0.279 e. The summed E-state index contributed by atoms with van der Waals surface area (Å²) in [4.78, 5) is -0.0901. The highest BCUT2D eigenvalue weighted by atomic mass is 32.2. The summed E-state index contributed by atoms with van der Waals surface area (Å²) in [7, 11) is -4.08. The molecule has 118 valence electrons. The van der Waals surface area contributed by atoms with E-state index >= 15 is 0 Å². The molecule has 0 aromatic heterocycles. The maximum absolute atomic E-state index is 13.0. The molecule has 0 heterocycles. The molecule has 0 unspecified atom stereocenters. The van der Waals surface area contributed by atoms with Crippen molar-refractivity contribution in [2.45, 2.75) is 24.9 Å². The summed E-state index contributed by atoms with van der Waals surface area (Å²) in [5, 5.41) is 0. The molecular formula is C15H14F3NO2S. The topological polar surface area (TPSA) is 46.2 Å². The first-order valence-electron chi connectivity index (χ1n) is 6.37. The Morgan fingerprint density at radius 2 is 1.45 bits per heavy atom. The molecule has 3 nitrogen and oxygen atoms in total. The number of nitrogens with one attached hydrogen (secondary N) is 1. The van der Waals surface area contributed by atoms with Crippen LogP contribution in [0.4, 0.5) is 18.9 Å². The average Bonchev–Trinajstić information content (AvgIpc) is 2.37. The summed E-state index contributed by atoms with van der Waals surface area (Å²) in [6.07, 6.45) is -4.64. The first-order chi connectivity index (χ1) is 10.1. The maximum atomic E-state index is 13.0. The third kappa shape index (κ3) is 3.59. The van der Waals surface area contributed by atoms with Gasteiger partial charge >= 0.3 is 6.18 Å². The molecule has 0 saturated heterocycles. The van der Waals surface area contributed by atoms with Crippen LogP contribution >= 0.6 is 0 Å². The molecular weight excluding hydrogens is 315 g/mol. The highest BCUT2D eigenvalue weighted by molar-refractivity contribution is 7.92. The number of alkyl halides is 3. The van der Waals surface area contributed by atoms with Crippen molar-refractivity contribution in [1.82, 2.24) is 0 Å². The second-order valence-corrected chi connectivity index (χ2v) is 6.65. The van der Waals surface area contributed by atoms with Crippen LogP contribution in [-0.4, -0.2) is 8.42 Å². The van der Waals surface area contributed by atoms with Crippen LogP contribution in [-0.2, 0) is 16.2 Å². The Labute approximate surface area is 126 Å². The van der Waals surface area contributed by atoms with Crippen LogP contribution < -0.4 is 4.72 Å². The fourth-order valence-electron chi connectivity index (χ4n) is 1.91. The van der Waals surface area contributed by atoms with Gasteiger partial charge in [-0.05, 0) is 43.7 Å². The lowest BCUT2D eigenvalue weighted by Gasteiger charge is -2.15. The van der Waals surface area contributed by atoms with Gasteiger partial charge in [0, 0.05) is 0 Å². The third-order valence-corrected chi connectivity index (χ3v) is 4.44. The number of halogens is 3. The van der Waals surface area contributed by atoms with Gasteiger partial charge in [-0.1, -0.05) is 23.8 Å². The number of hydrogen-bond acceptors (Lipinski definition) is 2. The normalized spacial score (nSPS) is 12.2. The second-order valence-electron chi connectivity index (χ2n) is 4.97. The molecule has 0 atom stereocenters. The minimum atomic E-state index is -4.64. The lowest BCUT2D eigenvalue weighted by atomic mass is 10.1. The van der Waals surface area contributed by atoms with E-state index in [9.17, 15) is 21.6 Å². The lowest BCUT2D eigenvalue weighted by molar-refractivity contribution is -0.136. The van der Waals surface area contributed by atoms with Crippen LogP contribution in [0.2, 0.25) is 0 Å². The van der Waals surface area contributed by atoms with Gasteiger partial charge in [-0.2, -0.15) is 13.2 Å². The van der Waals surface area contributed by atoms with Crippen molar-refractivity contribution >= 4 is 15.7 Å². The Morgan fingerprint density at radius 3 is 2.00 bits per heavy atom. The predicted molar refractivity (Wildman–Crippen MR) is 78.2 cm³/mol. The van der Waals surface area contributed by atoms with E-state index in [0.717, 1.165) is 17.7 Å². The Hall–Kier alpha value is -2.02. The monoisotopic (exact) mass is 329 g/mol. The zero-order chi connectivity index (χ0) is 16.5. The Bertz CT molecular complexity index is 781. The molecule has 0 bridgehead atoms. The van der Waals surface area contributed by atoms with Crippen LogP contribution in [0.5, 0.6) is 0 Å². The standard InChI is InChI=1S/C15H14F3NO2S/c1-10-3-6-12(7-4-10)22(20,21)19-14-9-11(2)5-8-13(14)15(16,17)18/h3-9,19H,1-2H3. The van der Waals surface area contributed by atoms with Crippen molar-refractivity contribution in [3.63, 3.8) is 0 Å². The molecule has 0 aliphatic carbocycles. The van der Waals surface area contributed by atoms with Gasteiger partial charge in [0.25, 0.3) is 10.0 Å². The zero-order valence-electron chi connectivity index (χ0n) is 11.9. The van der Waals surface area contributed by atoms with Crippen LogP contribution in [0.15, 0.2) is 47.4 Å². The summed E-state index contributed by atoms with van der Waals surface area (Å²) in [5.74, 6) is 0. The van der Waals surface area contributed by atoms with Crippen molar-refractivity contribution in [3.05, 3.63) is 59.2 Å². The quantitative estimate of drug-likeness (QED) is 0.920. The number of benzene rings is 2. The highest BCUT2D eigenvalue weighted by Gasteiger charge is 2.34. The summed E-state index contributed by atoms with van der Waals surface area (Å²) in [5.41, 5.74) is -0.123. The van der Waals surface area contributed by atoms with Crippen molar-refractivity contribution in [3.8, 4) is 0 Å². The largest absolute Gasteiger partial charge is 0.418 e. The molecule has 7 heteroatoms. The van der Waals surface area contributed by atoms with Gasteiger partial charge in [-0.25, -0.2) is 8.42 Å². The molecule has 2 aromatic carbocycles. The minimum Gasteiger partial charge on any atom is -0.279 e. The third-order valence-electron chi connectivity index (χ3n) is 3.06. The van der Waals surface area contributed by atoms with Gasteiger partial charge in [-0.15, -0.1) is 0 Å². The van der Waals surface area contributed by atoms with Gasteiger partial charge in [0.2, 0.25) is 0 Å². The predicted octanol–water partition coefficient (Wildman–Crippen LogP) is 4.12. The van der Waals surface area contributed by atoms with Crippen LogP contribution in [0.3, 0.4) is 0 Å². The molecule has 0 saturated carbocycles. The number of sulfonamides is 1. The van der Waals surface area contributed by atoms with E-state index in [1.807, 2.05) is 4.72 Å². The summed E-state index contributed by atoms with van der Waals surface area (Å²) in [6.45, 7) is 3.37.